The van der Waals surface area contributed by atoms with Crippen molar-refractivity contribution >= 4 is 23.5 Å². The van der Waals surface area contributed by atoms with Crippen molar-refractivity contribution in [1.29, 1.82) is 0 Å². The molecule has 2 aromatic carbocycles. The Hall–Kier alpha value is -3.87. The highest BCUT2D eigenvalue weighted by atomic mass is 16.5. The molecule has 3 rings (SSSR count). The van der Waals surface area contributed by atoms with E-state index in [0.717, 1.165) is 12.0 Å². The summed E-state index contributed by atoms with van der Waals surface area (Å²) in [6.07, 6.45) is 2.39. The van der Waals surface area contributed by atoms with Gasteiger partial charge in [-0.2, -0.15) is 0 Å². The molecule has 154 valence electrons. The smallest absolute Gasteiger partial charge is 0.338 e. The Morgan fingerprint density at radius 3 is 2.43 bits per heavy atom. The number of rotatable bonds is 8. The Morgan fingerprint density at radius 1 is 0.967 bits per heavy atom. The topological polar surface area (TPSA) is 97.6 Å². The van der Waals surface area contributed by atoms with E-state index in [-0.39, 0.29) is 12.5 Å². The largest absolute Gasteiger partial charge is 0.467 e. The lowest BCUT2D eigenvalue weighted by Crippen LogP contribution is -2.26. The van der Waals surface area contributed by atoms with E-state index >= 15 is 0 Å². The Labute approximate surface area is 174 Å². The molecule has 2 N–H and O–H groups in total. The number of carbonyl (C=O) groups is 3. The van der Waals surface area contributed by atoms with Crippen molar-refractivity contribution in [2.24, 2.45) is 0 Å². The second kappa shape index (κ2) is 10.1. The number of carbonyl (C=O) groups excluding carboxylic acids is 3. The van der Waals surface area contributed by atoms with Crippen molar-refractivity contribution < 1.29 is 23.5 Å². The third-order valence-corrected chi connectivity index (χ3v) is 4.38. The molecule has 2 amide bonds. The van der Waals surface area contributed by atoms with E-state index in [0.29, 0.717) is 22.6 Å². The van der Waals surface area contributed by atoms with Gasteiger partial charge in [0, 0.05) is 0 Å². The number of hydrogen-bond acceptors (Lipinski definition) is 5. The van der Waals surface area contributed by atoms with Gasteiger partial charge >= 0.3 is 5.97 Å². The van der Waals surface area contributed by atoms with E-state index in [9.17, 15) is 14.4 Å². The van der Waals surface area contributed by atoms with Crippen LogP contribution in [0.5, 0.6) is 0 Å². The van der Waals surface area contributed by atoms with Gasteiger partial charge in [-0.25, -0.2) is 4.79 Å². The molecule has 0 aliphatic carbocycles. The van der Waals surface area contributed by atoms with Gasteiger partial charge in [-0.15, -0.1) is 0 Å². The van der Waals surface area contributed by atoms with Crippen LogP contribution in [0, 0.1) is 0 Å². The van der Waals surface area contributed by atoms with E-state index in [1.807, 2.05) is 19.1 Å². The average molecular weight is 406 g/mol. The fourth-order valence-electron chi connectivity index (χ4n) is 2.74. The minimum absolute atomic E-state index is 0.225. The van der Waals surface area contributed by atoms with Gasteiger partial charge in [0.05, 0.1) is 29.6 Å². The summed E-state index contributed by atoms with van der Waals surface area (Å²) in [6.45, 7) is 1.78. The molecule has 1 aromatic heterocycles. The molecule has 30 heavy (non-hydrogen) atoms. The first kappa shape index (κ1) is 20.9. The van der Waals surface area contributed by atoms with Crippen LogP contribution in [0.3, 0.4) is 0 Å². The highest BCUT2D eigenvalue weighted by Crippen LogP contribution is 2.15. The Balaban J connectivity index is 1.55. The van der Waals surface area contributed by atoms with E-state index in [1.54, 1.807) is 48.5 Å². The predicted molar refractivity (Wildman–Crippen MR) is 111 cm³/mol. The van der Waals surface area contributed by atoms with Gasteiger partial charge in [-0.05, 0) is 48.4 Å². The Morgan fingerprint density at radius 2 is 1.73 bits per heavy atom. The first-order valence-corrected chi connectivity index (χ1v) is 9.52. The minimum atomic E-state index is -0.586. The molecule has 0 saturated carbocycles. The van der Waals surface area contributed by atoms with E-state index in [2.05, 4.69) is 10.6 Å². The predicted octanol–water partition coefficient (Wildman–Crippen LogP) is 3.57. The van der Waals surface area contributed by atoms with Gasteiger partial charge < -0.3 is 19.8 Å². The summed E-state index contributed by atoms with van der Waals surface area (Å²) in [5.74, 6) is -0.879. The molecule has 0 fully saturated rings. The van der Waals surface area contributed by atoms with Crippen LogP contribution in [0.4, 0.5) is 5.69 Å². The van der Waals surface area contributed by atoms with Crippen LogP contribution in [-0.2, 0) is 22.5 Å². The molecule has 3 aromatic rings. The van der Waals surface area contributed by atoms with Crippen LogP contribution in [0.15, 0.2) is 71.3 Å². The molecule has 0 bridgehead atoms. The molecule has 7 nitrogen and oxygen atoms in total. The molecular weight excluding hydrogens is 384 g/mol. The molecule has 1 heterocycles. The fraction of sp³-hybridized carbons (Fsp3) is 0.174. The molecule has 0 radical (unpaired) electrons. The van der Waals surface area contributed by atoms with Gasteiger partial charge in [0.1, 0.15) is 5.76 Å². The van der Waals surface area contributed by atoms with E-state index in [1.165, 1.54) is 6.26 Å². The summed E-state index contributed by atoms with van der Waals surface area (Å²) in [7, 11) is 0. The molecule has 7 heteroatoms. The number of nitrogens with one attached hydrogen (secondary N) is 2. The number of esters is 1. The number of para-hydroxylation sites is 1. The standard InChI is InChI=1S/C23H22N2O5/c1-2-16-9-11-17(12-10-16)23(28)30-15-21(26)25-20-8-4-3-7-19(20)22(27)24-14-18-6-5-13-29-18/h3-13H,2,14-15H2,1H3,(H,24,27)(H,25,26). The number of benzene rings is 2. The fourth-order valence-corrected chi connectivity index (χ4v) is 2.74. The molecule has 0 saturated heterocycles. The average Bonchev–Trinajstić information content (AvgIpc) is 3.30. The molecular formula is C23H22N2O5. The first-order chi connectivity index (χ1) is 14.6. The number of hydrogen-bond donors (Lipinski definition) is 2. The zero-order valence-electron chi connectivity index (χ0n) is 16.5. The molecule has 0 aliphatic heterocycles. The highest BCUT2D eigenvalue weighted by molar-refractivity contribution is 6.04. The number of ether oxygens (including phenoxy) is 1. The zero-order chi connectivity index (χ0) is 21.3. The normalized spacial score (nSPS) is 10.3. The van der Waals surface area contributed by atoms with Gasteiger partial charge in [0.25, 0.3) is 11.8 Å². The zero-order valence-corrected chi connectivity index (χ0v) is 16.5. The third kappa shape index (κ3) is 5.57. The van der Waals surface area contributed by atoms with Gasteiger partial charge in [0.2, 0.25) is 0 Å². The summed E-state index contributed by atoms with van der Waals surface area (Å²) in [6, 6.07) is 17.1. The van der Waals surface area contributed by atoms with Crippen LogP contribution >= 0.6 is 0 Å². The summed E-state index contributed by atoms with van der Waals surface area (Å²) >= 11 is 0. The molecule has 0 spiro atoms. The number of aryl methyl sites for hydroxylation is 1. The van der Waals surface area contributed by atoms with Crippen LogP contribution in [0.25, 0.3) is 0 Å². The van der Waals surface area contributed by atoms with Crippen LogP contribution in [-0.4, -0.2) is 24.4 Å². The second-order valence-corrected chi connectivity index (χ2v) is 6.48. The van der Waals surface area contributed by atoms with Crippen molar-refractivity contribution in [3.05, 3.63) is 89.4 Å². The van der Waals surface area contributed by atoms with E-state index < -0.39 is 18.5 Å². The van der Waals surface area contributed by atoms with Crippen molar-refractivity contribution in [2.75, 3.05) is 11.9 Å². The lowest BCUT2D eigenvalue weighted by Gasteiger charge is -2.11. The molecule has 0 atom stereocenters. The molecule has 0 unspecified atom stereocenters. The van der Waals surface area contributed by atoms with Crippen molar-refractivity contribution in [3.8, 4) is 0 Å². The Bertz CT molecular complexity index is 1010. The van der Waals surface area contributed by atoms with Crippen LogP contribution in [0.1, 0.15) is 39.0 Å². The number of furan rings is 1. The first-order valence-electron chi connectivity index (χ1n) is 9.52. The maximum absolute atomic E-state index is 12.5. The maximum atomic E-state index is 12.5. The summed E-state index contributed by atoms with van der Waals surface area (Å²) < 4.78 is 10.3. The van der Waals surface area contributed by atoms with Crippen molar-refractivity contribution in [2.45, 2.75) is 19.9 Å². The Kier molecular flexibility index (Phi) is 7.00. The van der Waals surface area contributed by atoms with Gasteiger partial charge in [0.15, 0.2) is 6.61 Å². The van der Waals surface area contributed by atoms with Crippen molar-refractivity contribution in [3.63, 3.8) is 0 Å². The monoisotopic (exact) mass is 406 g/mol. The lowest BCUT2D eigenvalue weighted by molar-refractivity contribution is -0.119. The SMILES string of the molecule is CCc1ccc(C(=O)OCC(=O)Nc2ccccc2C(=O)NCc2ccco2)cc1. The molecule has 0 aliphatic rings. The quantitative estimate of drug-likeness (QED) is 0.558. The summed E-state index contributed by atoms with van der Waals surface area (Å²) in [4.78, 5) is 36.8. The summed E-state index contributed by atoms with van der Waals surface area (Å²) in [5, 5.41) is 5.34. The number of anilines is 1. The van der Waals surface area contributed by atoms with Crippen LogP contribution in [0.2, 0.25) is 0 Å². The van der Waals surface area contributed by atoms with Gasteiger partial charge in [-0.1, -0.05) is 31.2 Å². The van der Waals surface area contributed by atoms with Crippen molar-refractivity contribution in [1.82, 2.24) is 5.32 Å². The minimum Gasteiger partial charge on any atom is -0.467 e. The van der Waals surface area contributed by atoms with E-state index in [4.69, 9.17) is 9.15 Å². The second-order valence-electron chi connectivity index (χ2n) is 6.48. The summed E-state index contributed by atoms with van der Waals surface area (Å²) in [5.41, 5.74) is 2.09. The highest BCUT2D eigenvalue weighted by Gasteiger charge is 2.15. The number of amides is 2. The maximum Gasteiger partial charge on any atom is 0.338 e. The third-order valence-electron chi connectivity index (χ3n) is 4.38. The van der Waals surface area contributed by atoms with Gasteiger partial charge in [-0.3, -0.25) is 9.59 Å². The lowest BCUT2D eigenvalue weighted by atomic mass is 10.1. The van der Waals surface area contributed by atoms with Crippen LogP contribution < -0.4 is 10.6 Å².